The van der Waals surface area contributed by atoms with Crippen molar-refractivity contribution in [2.75, 3.05) is 0 Å². The average Bonchev–Trinajstić information content (AvgIpc) is 2.65. The molecule has 1 unspecified atom stereocenters. The molecule has 21 heavy (non-hydrogen) atoms. The van der Waals surface area contributed by atoms with E-state index < -0.39 is 9.34 Å². The summed E-state index contributed by atoms with van der Waals surface area (Å²) in [5.74, 6) is 0.357. The predicted octanol–water partition coefficient (Wildman–Crippen LogP) is 4.75. The average molecular weight is 412 g/mol. The molecule has 2 aromatic rings. The van der Waals surface area contributed by atoms with Crippen LogP contribution in [0.5, 0.6) is 5.75 Å². The number of aliphatic hydroxyl groups excluding tert-OH is 1. The molecule has 0 aliphatic heterocycles. The third kappa shape index (κ3) is 2.54. The minimum Gasteiger partial charge on any atom is -0.507 e. The summed E-state index contributed by atoms with van der Waals surface area (Å²) < 4.78 is -0.470. The normalized spacial score (nSPS) is 19.6. The number of phenols is 1. The minimum atomic E-state index is -0.551. The number of phenolic OH excluding ortho intramolecular Hbond substituents is 1. The molecule has 0 amide bonds. The summed E-state index contributed by atoms with van der Waals surface area (Å²) in [6, 6.07) is 10.1. The third-order valence-electron chi connectivity index (χ3n) is 4.09. The van der Waals surface area contributed by atoms with Crippen LogP contribution in [0.4, 0.5) is 0 Å². The van der Waals surface area contributed by atoms with E-state index in [1.807, 2.05) is 38.1 Å². The van der Waals surface area contributed by atoms with Crippen molar-refractivity contribution in [2.45, 2.75) is 29.6 Å². The fraction of sp³-hybridized carbons (Fsp3) is 0.294. The minimum absolute atomic E-state index is 0.357. The highest BCUT2D eigenvalue weighted by Crippen LogP contribution is 2.50. The predicted molar refractivity (Wildman–Crippen MR) is 92.3 cm³/mol. The van der Waals surface area contributed by atoms with Gasteiger partial charge in [-0.1, -0.05) is 50.1 Å². The highest BCUT2D eigenvalue weighted by atomic mass is 79.9. The van der Waals surface area contributed by atoms with Crippen molar-refractivity contribution in [2.24, 2.45) is 0 Å². The molecule has 0 fully saturated rings. The van der Waals surface area contributed by atoms with Gasteiger partial charge in [0.05, 0.1) is 0 Å². The summed E-state index contributed by atoms with van der Waals surface area (Å²) in [6.45, 7) is 3.82. The highest BCUT2D eigenvalue weighted by Gasteiger charge is 2.41. The second kappa shape index (κ2) is 5.11. The van der Waals surface area contributed by atoms with Crippen LogP contribution in [0, 0.1) is 13.8 Å². The Balaban J connectivity index is 2.08. The van der Waals surface area contributed by atoms with Crippen LogP contribution in [-0.4, -0.2) is 13.4 Å². The van der Waals surface area contributed by atoms with E-state index in [1.165, 1.54) is 0 Å². The van der Waals surface area contributed by atoms with Crippen LogP contribution in [-0.2, 0) is 6.42 Å². The molecule has 1 aliphatic carbocycles. The Morgan fingerprint density at radius 1 is 1.05 bits per heavy atom. The molecule has 2 aromatic carbocycles. The first-order valence-corrected chi connectivity index (χ1v) is 8.37. The fourth-order valence-corrected chi connectivity index (χ4v) is 4.00. The highest BCUT2D eigenvalue weighted by molar-refractivity contribution is 9.25. The molecule has 0 bridgehead atoms. The van der Waals surface area contributed by atoms with Crippen LogP contribution in [0.2, 0.25) is 0 Å². The van der Waals surface area contributed by atoms with Gasteiger partial charge >= 0.3 is 0 Å². The first-order chi connectivity index (χ1) is 9.79. The van der Waals surface area contributed by atoms with Gasteiger partial charge in [0.15, 0.2) is 0 Å². The smallest absolute Gasteiger partial charge is 0.121 e. The zero-order valence-electron chi connectivity index (χ0n) is 11.8. The zero-order chi connectivity index (χ0) is 15.4. The lowest BCUT2D eigenvalue weighted by atomic mass is 9.97. The van der Waals surface area contributed by atoms with Gasteiger partial charge in [-0.3, -0.25) is 0 Å². The van der Waals surface area contributed by atoms with Crippen LogP contribution in [0.1, 0.15) is 28.4 Å². The van der Waals surface area contributed by atoms with Gasteiger partial charge in [-0.15, -0.1) is 0 Å². The quantitative estimate of drug-likeness (QED) is 0.664. The van der Waals surface area contributed by atoms with Crippen LogP contribution in [0.3, 0.4) is 0 Å². The number of aliphatic hydroxyl groups is 1. The third-order valence-corrected chi connectivity index (χ3v) is 5.52. The Bertz CT molecular complexity index is 700. The first kappa shape index (κ1) is 15.1. The number of aryl methyl sites for hydroxylation is 2. The summed E-state index contributed by atoms with van der Waals surface area (Å²) >= 11 is 7.07. The Morgan fingerprint density at radius 3 is 2.29 bits per heavy atom. The number of halogens is 2. The molecule has 0 saturated carbocycles. The summed E-state index contributed by atoms with van der Waals surface area (Å²) in [6.07, 6.45) is 0.178. The van der Waals surface area contributed by atoms with E-state index in [0.29, 0.717) is 5.75 Å². The largest absolute Gasteiger partial charge is 0.507 e. The molecule has 2 N–H and O–H groups in total. The maximum absolute atomic E-state index is 10.3. The molecule has 3 rings (SSSR count). The summed E-state index contributed by atoms with van der Waals surface area (Å²) in [5.41, 5.74) is 6.03. The van der Waals surface area contributed by atoms with E-state index in [4.69, 9.17) is 0 Å². The number of fused-ring (bicyclic) bond motifs is 1. The molecule has 0 spiro atoms. The molecule has 0 heterocycles. The van der Waals surface area contributed by atoms with Gasteiger partial charge in [0.25, 0.3) is 0 Å². The van der Waals surface area contributed by atoms with E-state index in [1.54, 1.807) is 0 Å². The number of hydrogen-bond acceptors (Lipinski definition) is 2. The van der Waals surface area contributed by atoms with E-state index in [2.05, 4.69) is 37.9 Å². The number of rotatable bonds is 1. The Kier molecular flexibility index (Phi) is 3.67. The lowest BCUT2D eigenvalue weighted by molar-refractivity contribution is 0.180. The SMILES string of the molecule is Cc1cc(-c2ccc3c(c2)CC(Br)(Br)C3O)cc(C)c1O. The van der Waals surface area contributed by atoms with Crippen LogP contribution >= 0.6 is 31.9 Å². The van der Waals surface area contributed by atoms with E-state index >= 15 is 0 Å². The molecule has 0 saturated heterocycles. The van der Waals surface area contributed by atoms with Crippen molar-refractivity contribution in [3.8, 4) is 16.9 Å². The Hall–Kier alpha value is -0.840. The van der Waals surface area contributed by atoms with Gasteiger partial charge in [-0.25, -0.2) is 0 Å². The zero-order valence-corrected chi connectivity index (χ0v) is 15.0. The second-order valence-corrected chi connectivity index (χ2v) is 9.61. The van der Waals surface area contributed by atoms with Gasteiger partial charge in [-0.2, -0.15) is 0 Å². The van der Waals surface area contributed by atoms with Crippen LogP contribution < -0.4 is 0 Å². The molecular weight excluding hydrogens is 396 g/mol. The number of aromatic hydroxyl groups is 1. The molecule has 0 radical (unpaired) electrons. The fourth-order valence-electron chi connectivity index (χ4n) is 2.91. The second-order valence-electron chi connectivity index (χ2n) is 5.71. The van der Waals surface area contributed by atoms with Crippen molar-refractivity contribution >= 4 is 31.9 Å². The van der Waals surface area contributed by atoms with Crippen molar-refractivity contribution in [1.29, 1.82) is 0 Å². The van der Waals surface area contributed by atoms with Gasteiger partial charge in [0.2, 0.25) is 0 Å². The first-order valence-electron chi connectivity index (χ1n) is 6.79. The molecule has 4 heteroatoms. The molecule has 1 atom stereocenters. The van der Waals surface area contributed by atoms with E-state index in [-0.39, 0.29) is 0 Å². The standard InChI is InChI=1S/C17H16Br2O2/c1-9-5-12(6-10(2)15(9)20)11-3-4-14-13(7-11)8-17(18,19)16(14)21/h3-7,16,20-21H,8H2,1-2H3. The summed E-state index contributed by atoms with van der Waals surface area (Å²) in [4.78, 5) is 0. The summed E-state index contributed by atoms with van der Waals surface area (Å²) in [7, 11) is 0. The summed E-state index contributed by atoms with van der Waals surface area (Å²) in [5, 5.41) is 20.2. The van der Waals surface area contributed by atoms with Gasteiger partial charge in [0, 0.05) is 6.42 Å². The van der Waals surface area contributed by atoms with Gasteiger partial charge in [0.1, 0.15) is 15.1 Å². The Labute approximate surface area is 141 Å². The number of alkyl halides is 2. The van der Waals surface area contributed by atoms with Crippen molar-refractivity contribution in [1.82, 2.24) is 0 Å². The number of hydrogen-bond donors (Lipinski definition) is 2. The van der Waals surface area contributed by atoms with Gasteiger partial charge < -0.3 is 10.2 Å². The van der Waals surface area contributed by atoms with Crippen LogP contribution in [0.15, 0.2) is 30.3 Å². The Morgan fingerprint density at radius 2 is 1.67 bits per heavy atom. The van der Waals surface area contributed by atoms with E-state index in [9.17, 15) is 10.2 Å². The lowest BCUT2D eigenvalue weighted by Crippen LogP contribution is -2.16. The molecule has 1 aliphatic rings. The topological polar surface area (TPSA) is 40.5 Å². The van der Waals surface area contributed by atoms with Crippen molar-refractivity contribution < 1.29 is 10.2 Å². The molecule has 2 nitrogen and oxygen atoms in total. The van der Waals surface area contributed by atoms with Crippen molar-refractivity contribution in [3.05, 3.63) is 52.6 Å². The van der Waals surface area contributed by atoms with Crippen molar-refractivity contribution in [3.63, 3.8) is 0 Å². The monoisotopic (exact) mass is 410 g/mol. The lowest BCUT2D eigenvalue weighted by Gasteiger charge is -2.17. The number of benzene rings is 2. The molecule has 0 aromatic heterocycles. The van der Waals surface area contributed by atoms with Gasteiger partial charge in [-0.05, 0) is 59.4 Å². The maximum atomic E-state index is 10.3. The van der Waals surface area contributed by atoms with Crippen LogP contribution in [0.25, 0.3) is 11.1 Å². The van der Waals surface area contributed by atoms with E-state index in [0.717, 1.165) is 39.8 Å². The maximum Gasteiger partial charge on any atom is 0.121 e. The molecular formula is C17H16Br2O2. The molecule has 110 valence electrons.